The van der Waals surface area contributed by atoms with Crippen LogP contribution in [0.15, 0.2) is 23.6 Å². The number of hydrogen-bond acceptors (Lipinski definition) is 3. The van der Waals surface area contributed by atoms with Crippen LogP contribution in [0.1, 0.15) is 10.5 Å². The molecule has 0 bridgehead atoms. The predicted molar refractivity (Wildman–Crippen MR) is 59.2 cm³/mol. The van der Waals surface area contributed by atoms with E-state index in [0.717, 1.165) is 10.8 Å². The number of rotatable bonds is 2. The van der Waals surface area contributed by atoms with Crippen LogP contribution >= 0.6 is 35.0 Å². The van der Waals surface area contributed by atoms with Crippen molar-refractivity contribution < 1.29 is 0 Å². The van der Waals surface area contributed by atoms with E-state index in [1.165, 1.54) is 0 Å². The molecule has 0 aliphatic heterocycles. The number of aromatic nitrogens is 3. The Kier molecular flexibility index (Phi) is 2.85. The Morgan fingerprint density at radius 2 is 2.29 bits per heavy atom. The zero-order valence-corrected chi connectivity index (χ0v) is 9.64. The highest BCUT2D eigenvalue weighted by Crippen LogP contribution is 2.25. The maximum atomic E-state index is 5.73. The summed E-state index contributed by atoms with van der Waals surface area (Å²) in [5.74, 6) is 0. The minimum absolute atomic E-state index is 0.593. The molecule has 2 rings (SSSR count). The van der Waals surface area contributed by atoms with Gasteiger partial charge < -0.3 is 0 Å². The van der Waals surface area contributed by atoms with E-state index in [4.69, 9.17) is 23.2 Å². The van der Waals surface area contributed by atoms with E-state index in [-0.39, 0.29) is 0 Å². The first-order valence-corrected chi connectivity index (χ1v) is 5.98. The van der Waals surface area contributed by atoms with Crippen LogP contribution in [0.2, 0.25) is 0 Å². The normalized spacial score (nSPS) is 11.4. The van der Waals surface area contributed by atoms with Crippen molar-refractivity contribution in [3.05, 3.63) is 24.2 Å². The Morgan fingerprint density at radius 1 is 1.50 bits per heavy atom. The van der Waals surface area contributed by atoms with Crippen molar-refractivity contribution in [2.75, 3.05) is 6.26 Å². The molecule has 0 radical (unpaired) electrons. The van der Waals surface area contributed by atoms with E-state index in [2.05, 4.69) is 9.97 Å². The molecule has 0 aliphatic rings. The molecule has 2 aromatic heterocycles. The van der Waals surface area contributed by atoms with Gasteiger partial charge in [-0.05, 0) is 12.3 Å². The van der Waals surface area contributed by atoms with Gasteiger partial charge in [-0.3, -0.25) is 4.40 Å². The van der Waals surface area contributed by atoms with E-state index in [9.17, 15) is 0 Å². The summed E-state index contributed by atoms with van der Waals surface area (Å²) in [7, 11) is 0. The van der Waals surface area contributed by atoms with Crippen LogP contribution in [0, 0.1) is 0 Å². The van der Waals surface area contributed by atoms with E-state index in [1.54, 1.807) is 24.2 Å². The fourth-order valence-electron chi connectivity index (χ4n) is 1.17. The fourth-order valence-corrected chi connectivity index (χ4v) is 1.89. The lowest BCUT2D eigenvalue weighted by molar-refractivity contribution is 0.904. The largest absolute Gasteiger partial charge is 0.278 e. The molecule has 0 N–H and O–H groups in total. The number of halogens is 2. The van der Waals surface area contributed by atoms with Crippen LogP contribution in [0.4, 0.5) is 0 Å². The van der Waals surface area contributed by atoms with E-state index >= 15 is 0 Å². The van der Waals surface area contributed by atoms with Gasteiger partial charge in [0.2, 0.25) is 0 Å². The van der Waals surface area contributed by atoms with Crippen LogP contribution in [0.25, 0.3) is 5.65 Å². The van der Waals surface area contributed by atoms with Gasteiger partial charge in [-0.15, -0.1) is 0 Å². The number of fused-ring (bicyclic) bond motifs is 1. The molecule has 0 atom stereocenters. The second-order valence-corrected chi connectivity index (χ2v) is 4.50. The number of alkyl halides is 2. The molecule has 74 valence electrons. The highest BCUT2D eigenvalue weighted by Gasteiger charge is 2.10. The molecule has 14 heavy (non-hydrogen) atoms. The number of imidazole rings is 1. The Bertz CT molecular complexity index is 455. The molecule has 0 saturated carbocycles. The van der Waals surface area contributed by atoms with Gasteiger partial charge in [0.05, 0.1) is 5.69 Å². The van der Waals surface area contributed by atoms with Crippen molar-refractivity contribution >= 4 is 40.6 Å². The van der Waals surface area contributed by atoms with E-state index < -0.39 is 4.84 Å². The summed E-state index contributed by atoms with van der Waals surface area (Å²) < 4.78 is 1.87. The fraction of sp³-hybridized carbons (Fsp3) is 0.250. The molecule has 0 saturated heterocycles. The van der Waals surface area contributed by atoms with Gasteiger partial charge in [0.25, 0.3) is 0 Å². The topological polar surface area (TPSA) is 30.2 Å². The Morgan fingerprint density at radius 3 is 2.93 bits per heavy atom. The highest BCUT2D eigenvalue weighted by molar-refractivity contribution is 7.98. The molecular weight excluding hydrogens is 241 g/mol. The summed E-state index contributed by atoms with van der Waals surface area (Å²) in [5.41, 5.74) is 1.46. The molecule has 3 nitrogen and oxygen atoms in total. The van der Waals surface area contributed by atoms with Crippen LogP contribution in [0.3, 0.4) is 0 Å². The molecule has 2 aromatic rings. The van der Waals surface area contributed by atoms with Gasteiger partial charge in [-0.1, -0.05) is 35.0 Å². The number of nitrogens with zero attached hydrogens (tertiary/aromatic N) is 3. The predicted octanol–water partition coefficient (Wildman–Crippen LogP) is 2.93. The quantitative estimate of drug-likeness (QED) is 0.465. The van der Waals surface area contributed by atoms with Crippen molar-refractivity contribution in [2.24, 2.45) is 0 Å². The molecule has 0 aromatic carbocycles. The van der Waals surface area contributed by atoms with Gasteiger partial charge in [-0.2, -0.15) is 0 Å². The minimum atomic E-state index is -0.593. The van der Waals surface area contributed by atoms with E-state index in [1.807, 2.05) is 16.7 Å². The molecule has 0 fully saturated rings. The first kappa shape index (κ1) is 10.1. The van der Waals surface area contributed by atoms with Crippen molar-refractivity contribution in [3.8, 4) is 0 Å². The van der Waals surface area contributed by atoms with Gasteiger partial charge in [0.15, 0.2) is 9.99 Å². The zero-order chi connectivity index (χ0) is 10.1. The van der Waals surface area contributed by atoms with Crippen molar-refractivity contribution in [1.29, 1.82) is 0 Å². The number of thioether (sulfide) groups is 1. The SMILES string of the molecule is CSc1nccc2nc(C(Cl)Cl)cn12. The van der Waals surface area contributed by atoms with Gasteiger partial charge >= 0.3 is 0 Å². The molecule has 2 heterocycles. The lowest BCUT2D eigenvalue weighted by atomic mass is 10.6. The maximum absolute atomic E-state index is 5.73. The monoisotopic (exact) mass is 247 g/mol. The molecule has 0 spiro atoms. The first-order chi connectivity index (χ1) is 6.72. The van der Waals surface area contributed by atoms with Crippen molar-refractivity contribution in [3.63, 3.8) is 0 Å². The van der Waals surface area contributed by atoms with Gasteiger partial charge in [0.1, 0.15) is 5.65 Å². The van der Waals surface area contributed by atoms with Crippen LogP contribution in [-0.4, -0.2) is 20.6 Å². The van der Waals surface area contributed by atoms with Gasteiger partial charge in [0, 0.05) is 12.4 Å². The summed E-state index contributed by atoms with van der Waals surface area (Å²) in [5, 5.41) is 0.871. The van der Waals surface area contributed by atoms with Gasteiger partial charge in [-0.25, -0.2) is 9.97 Å². The maximum Gasteiger partial charge on any atom is 0.173 e. The van der Waals surface area contributed by atoms with Crippen molar-refractivity contribution in [1.82, 2.24) is 14.4 Å². The Balaban J connectivity index is 2.64. The molecular formula is C8H7Cl2N3S. The summed E-state index contributed by atoms with van der Waals surface area (Å²) in [6, 6.07) is 1.82. The summed E-state index contributed by atoms with van der Waals surface area (Å²) >= 11 is 13.0. The summed E-state index contributed by atoms with van der Waals surface area (Å²) in [6.45, 7) is 0. The first-order valence-electron chi connectivity index (χ1n) is 3.88. The lowest BCUT2D eigenvalue weighted by Crippen LogP contribution is -1.90. The van der Waals surface area contributed by atoms with Crippen LogP contribution in [-0.2, 0) is 0 Å². The lowest BCUT2D eigenvalue weighted by Gasteiger charge is -1.97. The molecule has 6 heteroatoms. The zero-order valence-electron chi connectivity index (χ0n) is 7.32. The molecule has 0 amide bonds. The molecule has 0 unspecified atom stereocenters. The summed E-state index contributed by atoms with van der Waals surface area (Å²) in [4.78, 5) is 7.87. The van der Waals surface area contributed by atoms with Crippen molar-refractivity contribution in [2.45, 2.75) is 9.99 Å². The number of hydrogen-bond donors (Lipinski definition) is 0. The standard InChI is InChI=1S/C8H7Cl2N3S/c1-14-8-11-3-2-6-12-5(7(9)10)4-13(6)8/h2-4,7H,1H3. The second-order valence-electron chi connectivity index (χ2n) is 2.63. The minimum Gasteiger partial charge on any atom is -0.278 e. The van der Waals surface area contributed by atoms with Crippen LogP contribution < -0.4 is 0 Å². The Hall–Kier alpha value is -0.450. The smallest absolute Gasteiger partial charge is 0.173 e. The summed E-state index contributed by atoms with van der Waals surface area (Å²) in [6.07, 6.45) is 5.48. The Labute approximate surface area is 95.4 Å². The third kappa shape index (κ3) is 1.69. The van der Waals surface area contributed by atoms with Crippen LogP contribution in [0.5, 0.6) is 0 Å². The third-order valence-corrected chi connectivity index (χ3v) is 2.89. The highest BCUT2D eigenvalue weighted by atomic mass is 35.5. The third-order valence-electron chi connectivity index (χ3n) is 1.77. The average Bonchev–Trinajstić information content (AvgIpc) is 2.60. The van der Waals surface area contributed by atoms with E-state index in [0.29, 0.717) is 5.69 Å². The average molecular weight is 248 g/mol. The molecule has 0 aliphatic carbocycles. The second kappa shape index (κ2) is 3.96.